The highest BCUT2D eigenvalue weighted by atomic mass is 32.2. The van der Waals surface area contributed by atoms with E-state index < -0.39 is 10.0 Å². The molecule has 0 aliphatic carbocycles. The first-order valence-corrected chi connectivity index (χ1v) is 11.5. The minimum absolute atomic E-state index is 0.199. The Labute approximate surface area is 187 Å². The fraction of sp³-hybridized carbons (Fsp3) is 0.208. The Balaban J connectivity index is 1.65. The molecule has 0 radical (unpaired) electrons. The van der Waals surface area contributed by atoms with E-state index in [4.69, 9.17) is 9.15 Å². The van der Waals surface area contributed by atoms with Crippen molar-refractivity contribution in [2.75, 3.05) is 11.8 Å². The van der Waals surface area contributed by atoms with Gasteiger partial charge in [-0.1, -0.05) is 18.2 Å². The van der Waals surface area contributed by atoms with Crippen molar-refractivity contribution in [3.05, 3.63) is 83.6 Å². The summed E-state index contributed by atoms with van der Waals surface area (Å²) >= 11 is 0. The molecule has 0 bridgehead atoms. The Morgan fingerprint density at radius 3 is 2.69 bits per heavy atom. The van der Waals surface area contributed by atoms with Gasteiger partial charge in [0.2, 0.25) is 5.09 Å². The highest BCUT2D eigenvalue weighted by Crippen LogP contribution is 2.32. The highest BCUT2D eigenvalue weighted by Gasteiger charge is 2.28. The predicted molar refractivity (Wildman–Crippen MR) is 122 cm³/mol. The van der Waals surface area contributed by atoms with E-state index in [0.717, 1.165) is 17.5 Å². The second kappa shape index (κ2) is 8.20. The van der Waals surface area contributed by atoms with Crippen molar-refractivity contribution in [1.29, 1.82) is 0 Å². The molecule has 0 atom stereocenters. The third kappa shape index (κ3) is 4.55. The number of allylic oxidation sites excluding steroid dienone is 1. The molecule has 0 unspecified atom stereocenters. The first-order valence-electron chi connectivity index (χ1n) is 10.0. The zero-order valence-electron chi connectivity index (χ0n) is 18.0. The Morgan fingerprint density at radius 2 is 1.97 bits per heavy atom. The van der Waals surface area contributed by atoms with E-state index in [9.17, 15) is 13.2 Å². The summed E-state index contributed by atoms with van der Waals surface area (Å²) in [4.78, 5) is 13.1. The monoisotopic (exact) mass is 452 g/mol. The molecule has 2 N–H and O–H groups in total. The molecule has 7 nitrogen and oxygen atoms in total. The van der Waals surface area contributed by atoms with Gasteiger partial charge in [-0.3, -0.25) is 9.52 Å². The molecule has 2 heterocycles. The summed E-state index contributed by atoms with van der Waals surface area (Å²) in [7, 11) is -2.27. The largest absolute Gasteiger partial charge is 0.497 e. The van der Waals surface area contributed by atoms with Gasteiger partial charge in [-0.05, 0) is 62.2 Å². The Morgan fingerprint density at radius 1 is 1.16 bits per heavy atom. The number of anilines is 1. The first kappa shape index (κ1) is 21.7. The lowest BCUT2D eigenvalue weighted by Gasteiger charge is -2.35. The lowest BCUT2D eigenvalue weighted by atomic mass is 9.85. The Bertz CT molecular complexity index is 1290. The van der Waals surface area contributed by atoms with Gasteiger partial charge in [0.05, 0.1) is 13.4 Å². The third-order valence-electron chi connectivity index (χ3n) is 5.15. The normalized spacial score (nSPS) is 16.2. The zero-order valence-corrected chi connectivity index (χ0v) is 18.8. The topological polar surface area (TPSA) is 97.6 Å². The van der Waals surface area contributed by atoms with Gasteiger partial charge in [-0.2, -0.15) is 8.42 Å². The van der Waals surface area contributed by atoms with Crippen LogP contribution in [0.3, 0.4) is 0 Å². The third-order valence-corrected chi connectivity index (χ3v) is 6.41. The van der Waals surface area contributed by atoms with Gasteiger partial charge in [0.1, 0.15) is 5.75 Å². The average molecular weight is 453 g/mol. The van der Waals surface area contributed by atoms with E-state index in [1.165, 1.54) is 24.5 Å². The van der Waals surface area contributed by atoms with E-state index in [1.54, 1.807) is 31.4 Å². The second-order valence-electron chi connectivity index (χ2n) is 8.25. The molecule has 0 amide bonds. The van der Waals surface area contributed by atoms with E-state index in [0.29, 0.717) is 17.0 Å². The molecular weight excluding hydrogens is 428 g/mol. The van der Waals surface area contributed by atoms with Gasteiger partial charge in [-0.15, -0.1) is 0 Å². The van der Waals surface area contributed by atoms with Crippen molar-refractivity contribution >= 4 is 27.2 Å². The number of fused-ring (bicyclic) bond motifs is 1. The van der Waals surface area contributed by atoms with Crippen molar-refractivity contribution in [3.63, 3.8) is 0 Å². The maximum Gasteiger partial charge on any atom is 0.295 e. The summed E-state index contributed by atoms with van der Waals surface area (Å²) in [6.07, 6.45) is 3.63. The number of carbonyl (C=O) groups excluding carboxylic acids is 1. The van der Waals surface area contributed by atoms with Gasteiger partial charge in [-0.25, -0.2) is 0 Å². The molecular formula is C24H24N2O5S. The van der Waals surface area contributed by atoms with Crippen molar-refractivity contribution in [3.8, 4) is 5.75 Å². The molecule has 1 aliphatic heterocycles. The van der Waals surface area contributed by atoms with Crippen LogP contribution in [0.5, 0.6) is 5.75 Å². The van der Waals surface area contributed by atoms with Gasteiger partial charge in [0, 0.05) is 34.1 Å². The summed E-state index contributed by atoms with van der Waals surface area (Å²) in [5, 5.41) is 3.23. The fourth-order valence-corrected chi connectivity index (χ4v) is 4.70. The number of furan rings is 1. The molecule has 166 valence electrons. The van der Waals surface area contributed by atoms with Crippen LogP contribution in [0, 0.1) is 0 Å². The van der Waals surface area contributed by atoms with Crippen LogP contribution < -0.4 is 14.8 Å². The Hall–Kier alpha value is -3.52. The molecule has 32 heavy (non-hydrogen) atoms. The van der Waals surface area contributed by atoms with Gasteiger partial charge in [0.25, 0.3) is 10.0 Å². The number of carbonyl (C=O) groups is 1. The summed E-state index contributed by atoms with van der Waals surface area (Å²) in [6, 6.07) is 15.0. The van der Waals surface area contributed by atoms with E-state index in [1.807, 2.05) is 18.2 Å². The number of nitrogens with one attached hydrogen (secondary N) is 2. The highest BCUT2D eigenvalue weighted by molar-refractivity contribution is 7.92. The summed E-state index contributed by atoms with van der Waals surface area (Å²) in [5.41, 5.74) is 3.12. The minimum Gasteiger partial charge on any atom is -0.497 e. The lowest BCUT2D eigenvalue weighted by Crippen LogP contribution is -2.43. The number of hydrogen-bond acceptors (Lipinski definition) is 6. The number of rotatable bonds is 6. The number of hydrogen-bond donors (Lipinski definition) is 2. The number of ketones is 1. The van der Waals surface area contributed by atoms with E-state index in [2.05, 4.69) is 23.9 Å². The molecule has 0 saturated heterocycles. The van der Waals surface area contributed by atoms with Crippen LogP contribution in [-0.2, 0) is 16.4 Å². The van der Waals surface area contributed by atoms with Gasteiger partial charge in [0.15, 0.2) is 5.78 Å². The molecule has 3 aromatic rings. The molecule has 1 aromatic heterocycles. The Kier molecular flexibility index (Phi) is 5.56. The molecule has 8 heteroatoms. The summed E-state index contributed by atoms with van der Waals surface area (Å²) < 4.78 is 37.6. The molecule has 0 fully saturated rings. The second-order valence-corrected chi connectivity index (χ2v) is 9.86. The van der Waals surface area contributed by atoms with Crippen LogP contribution in [0.4, 0.5) is 5.69 Å². The average Bonchev–Trinajstić information content (AvgIpc) is 3.29. The van der Waals surface area contributed by atoms with Crippen LogP contribution >= 0.6 is 0 Å². The molecule has 0 saturated carbocycles. The molecule has 1 aliphatic rings. The van der Waals surface area contributed by atoms with Crippen molar-refractivity contribution < 1.29 is 22.4 Å². The fourth-order valence-electron chi connectivity index (χ4n) is 3.73. The van der Waals surface area contributed by atoms with E-state index >= 15 is 0 Å². The summed E-state index contributed by atoms with van der Waals surface area (Å²) in [6.45, 7) is 4.14. The SMILES string of the molecule is COc1ccc2c(c1)C(=CC(=O)c1cccc(NS(=O)(=O)c3ccco3)c1)NC(C)(C)C2. The quantitative estimate of drug-likeness (QED) is 0.429. The van der Waals surface area contributed by atoms with Crippen LogP contribution in [0.25, 0.3) is 5.70 Å². The standard InChI is InChI=1S/C24H24N2O5S/c1-24(2)15-17-9-10-19(30-3)13-20(17)21(25-24)14-22(27)16-6-4-7-18(12-16)26-32(28,29)23-8-5-11-31-23/h4-14,25-26H,15H2,1-3H3. The predicted octanol–water partition coefficient (Wildman–Crippen LogP) is 4.24. The lowest BCUT2D eigenvalue weighted by molar-refractivity contribution is 0.104. The molecule has 4 rings (SSSR count). The maximum absolute atomic E-state index is 13.1. The number of methoxy groups -OCH3 is 1. The minimum atomic E-state index is -3.87. The van der Waals surface area contributed by atoms with Crippen LogP contribution in [0.1, 0.15) is 35.3 Å². The first-order chi connectivity index (χ1) is 15.2. The summed E-state index contributed by atoms with van der Waals surface area (Å²) in [5.74, 6) is 0.455. The number of ether oxygens (including phenoxy) is 1. The van der Waals surface area contributed by atoms with Crippen molar-refractivity contribution in [2.45, 2.75) is 30.9 Å². The zero-order chi connectivity index (χ0) is 22.9. The van der Waals surface area contributed by atoms with E-state index in [-0.39, 0.29) is 22.1 Å². The van der Waals surface area contributed by atoms with Crippen LogP contribution in [-0.4, -0.2) is 26.8 Å². The van der Waals surface area contributed by atoms with Gasteiger partial charge >= 0.3 is 0 Å². The van der Waals surface area contributed by atoms with Crippen LogP contribution in [0.15, 0.2) is 76.4 Å². The van der Waals surface area contributed by atoms with Crippen molar-refractivity contribution in [1.82, 2.24) is 5.32 Å². The van der Waals surface area contributed by atoms with Crippen LogP contribution in [0.2, 0.25) is 0 Å². The molecule has 0 spiro atoms. The van der Waals surface area contributed by atoms with Gasteiger partial charge < -0.3 is 14.5 Å². The number of benzene rings is 2. The van der Waals surface area contributed by atoms with Crippen molar-refractivity contribution in [2.24, 2.45) is 0 Å². The smallest absolute Gasteiger partial charge is 0.295 e. The maximum atomic E-state index is 13.1. The number of sulfonamides is 1. The molecule has 2 aromatic carbocycles.